The molecule has 1 amide bonds. The average Bonchev–Trinajstić information content (AvgIpc) is 2.94. The second-order valence-electron chi connectivity index (χ2n) is 4.71. The van der Waals surface area contributed by atoms with Gasteiger partial charge in [0.1, 0.15) is 0 Å². The fourth-order valence-electron chi connectivity index (χ4n) is 2.28. The zero-order chi connectivity index (χ0) is 13.5. The van der Waals surface area contributed by atoms with Gasteiger partial charge in [-0.2, -0.15) is 5.10 Å². The van der Waals surface area contributed by atoms with E-state index in [-0.39, 0.29) is 17.4 Å². The maximum absolute atomic E-state index is 12.0. The van der Waals surface area contributed by atoms with Crippen LogP contribution < -0.4 is 5.32 Å². The summed E-state index contributed by atoms with van der Waals surface area (Å²) in [6.45, 7) is 0. The molecule has 1 aromatic carbocycles. The Balaban J connectivity index is 1.80. The third-order valence-electron chi connectivity index (χ3n) is 3.32. The van der Waals surface area contributed by atoms with Crippen molar-refractivity contribution in [2.75, 3.05) is 16.8 Å². The van der Waals surface area contributed by atoms with Crippen molar-refractivity contribution in [3.05, 3.63) is 24.3 Å². The average molecular weight is 279 g/mol. The van der Waals surface area contributed by atoms with Gasteiger partial charge in [0, 0.05) is 5.39 Å². The largest absolute Gasteiger partial charge is 0.308 e. The molecule has 1 atom stereocenters. The highest BCUT2D eigenvalue weighted by atomic mass is 32.2. The Morgan fingerprint density at radius 1 is 1.37 bits per heavy atom. The van der Waals surface area contributed by atoms with Crippen LogP contribution in [0, 0.1) is 5.92 Å². The molecule has 1 aliphatic heterocycles. The molecule has 0 saturated carbocycles. The van der Waals surface area contributed by atoms with Crippen LogP contribution >= 0.6 is 0 Å². The van der Waals surface area contributed by atoms with E-state index in [0.29, 0.717) is 12.2 Å². The number of anilines is 1. The number of carbonyl (C=O) groups excluding carboxylic acids is 1. The molecule has 19 heavy (non-hydrogen) atoms. The topological polar surface area (TPSA) is 91.9 Å². The maximum atomic E-state index is 12.0. The van der Waals surface area contributed by atoms with Crippen molar-refractivity contribution < 1.29 is 13.2 Å². The molecular formula is C12H13N3O3S. The number of aromatic nitrogens is 2. The second kappa shape index (κ2) is 4.34. The summed E-state index contributed by atoms with van der Waals surface area (Å²) in [5.74, 6) is -0.281. The monoisotopic (exact) mass is 279 g/mol. The Labute approximate surface area is 110 Å². The van der Waals surface area contributed by atoms with Gasteiger partial charge in [-0.3, -0.25) is 9.89 Å². The lowest BCUT2D eigenvalue weighted by atomic mass is 10.1. The molecule has 1 aliphatic rings. The number of H-pyrrole nitrogens is 1. The highest BCUT2D eigenvalue weighted by molar-refractivity contribution is 7.91. The van der Waals surface area contributed by atoms with E-state index in [1.54, 1.807) is 0 Å². The summed E-state index contributed by atoms with van der Waals surface area (Å²) in [7, 11) is -3.05. The summed E-state index contributed by atoms with van der Waals surface area (Å²) in [4.78, 5) is 12.0. The predicted octanol–water partition coefficient (Wildman–Crippen LogP) is 0.936. The molecule has 2 heterocycles. The molecule has 0 spiro atoms. The van der Waals surface area contributed by atoms with Crippen molar-refractivity contribution in [3.63, 3.8) is 0 Å². The van der Waals surface area contributed by atoms with E-state index < -0.39 is 15.8 Å². The molecule has 100 valence electrons. The first-order valence-corrected chi connectivity index (χ1v) is 7.82. The summed E-state index contributed by atoms with van der Waals surface area (Å²) >= 11 is 0. The minimum atomic E-state index is -3.05. The molecule has 0 radical (unpaired) electrons. The molecule has 1 fully saturated rings. The van der Waals surface area contributed by atoms with E-state index in [4.69, 9.17) is 0 Å². The lowest BCUT2D eigenvalue weighted by Crippen LogP contribution is -2.23. The van der Waals surface area contributed by atoms with Gasteiger partial charge in [-0.15, -0.1) is 0 Å². The fraction of sp³-hybridized carbons (Fsp3) is 0.333. The third kappa shape index (κ3) is 2.33. The third-order valence-corrected chi connectivity index (χ3v) is 5.08. The van der Waals surface area contributed by atoms with Gasteiger partial charge in [-0.25, -0.2) is 8.42 Å². The predicted molar refractivity (Wildman–Crippen MR) is 71.5 cm³/mol. The Morgan fingerprint density at radius 3 is 2.89 bits per heavy atom. The number of nitrogens with zero attached hydrogens (tertiary/aromatic N) is 1. The molecule has 0 bridgehead atoms. The zero-order valence-electron chi connectivity index (χ0n) is 10.1. The van der Waals surface area contributed by atoms with Crippen LogP contribution in [0.3, 0.4) is 0 Å². The molecule has 2 N–H and O–H groups in total. The van der Waals surface area contributed by atoms with Crippen molar-refractivity contribution >= 4 is 32.5 Å². The van der Waals surface area contributed by atoms with E-state index in [9.17, 15) is 13.2 Å². The number of carbonyl (C=O) groups is 1. The molecule has 1 aromatic heterocycles. The Kier molecular flexibility index (Phi) is 2.78. The van der Waals surface area contributed by atoms with Crippen molar-refractivity contribution in [1.29, 1.82) is 0 Å². The van der Waals surface area contributed by atoms with Crippen LogP contribution in [-0.2, 0) is 14.6 Å². The van der Waals surface area contributed by atoms with Crippen LogP contribution in [-0.4, -0.2) is 36.0 Å². The van der Waals surface area contributed by atoms with Gasteiger partial charge in [-0.05, 0) is 18.6 Å². The van der Waals surface area contributed by atoms with Crippen molar-refractivity contribution in [1.82, 2.24) is 10.2 Å². The van der Waals surface area contributed by atoms with Crippen molar-refractivity contribution in [3.8, 4) is 0 Å². The quantitative estimate of drug-likeness (QED) is 0.855. The summed E-state index contributed by atoms with van der Waals surface area (Å²) < 4.78 is 22.7. The highest BCUT2D eigenvalue weighted by Gasteiger charge is 2.33. The second-order valence-corrected chi connectivity index (χ2v) is 6.94. The summed E-state index contributed by atoms with van der Waals surface area (Å²) in [6.07, 6.45) is 0.385. The number of hydrogen-bond acceptors (Lipinski definition) is 4. The number of para-hydroxylation sites is 1. The molecule has 2 aromatic rings. The van der Waals surface area contributed by atoms with Gasteiger partial charge in [0.05, 0.1) is 22.9 Å². The first kappa shape index (κ1) is 12.2. The van der Waals surface area contributed by atoms with Crippen LogP contribution in [0.25, 0.3) is 10.9 Å². The number of aromatic amines is 1. The lowest BCUT2D eigenvalue weighted by Gasteiger charge is -2.07. The first-order valence-electron chi connectivity index (χ1n) is 5.99. The van der Waals surface area contributed by atoms with E-state index in [2.05, 4.69) is 15.5 Å². The minimum absolute atomic E-state index is 0.0683. The van der Waals surface area contributed by atoms with Crippen molar-refractivity contribution in [2.24, 2.45) is 5.92 Å². The van der Waals surface area contributed by atoms with Gasteiger partial charge in [-0.1, -0.05) is 12.1 Å². The number of benzene rings is 1. The molecule has 0 aliphatic carbocycles. The number of hydrogen-bond donors (Lipinski definition) is 2. The van der Waals surface area contributed by atoms with Crippen LogP contribution in [0.5, 0.6) is 0 Å². The molecule has 7 heteroatoms. The molecule has 6 nitrogen and oxygen atoms in total. The smallest absolute Gasteiger partial charge is 0.229 e. The first-order chi connectivity index (χ1) is 9.05. The van der Waals surface area contributed by atoms with Crippen LogP contribution in [0.15, 0.2) is 24.3 Å². The zero-order valence-corrected chi connectivity index (χ0v) is 10.9. The molecular weight excluding hydrogens is 266 g/mol. The summed E-state index contributed by atoms with van der Waals surface area (Å²) in [6, 6.07) is 7.43. The number of nitrogens with one attached hydrogen (secondary N) is 2. The van der Waals surface area contributed by atoms with E-state index in [1.165, 1.54) is 0 Å². The van der Waals surface area contributed by atoms with Crippen LogP contribution in [0.1, 0.15) is 6.42 Å². The van der Waals surface area contributed by atoms with Gasteiger partial charge in [0.25, 0.3) is 0 Å². The van der Waals surface area contributed by atoms with Crippen LogP contribution in [0.2, 0.25) is 0 Å². The maximum Gasteiger partial charge on any atom is 0.229 e. The molecule has 3 rings (SSSR count). The fourth-order valence-corrected chi connectivity index (χ4v) is 4.02. The standard InChI is InChI=1S/C12H13N3O3S/c16-12(8-5-6-19(17,18)7-8)13-11-9-3-1-2-4-10(9)14-15-11/h1-4,8H,5-7H2,(H2,13,14,15,16). The number of amides is 1. The number of rotatable bonds is 2. The SMILES string of the molecule is O=C(Nc1n[nH]c2ccccc12)C1CCS(=O)(=O)C1. The molecule has 1 unspecified atom stereocenters. The number of fused-ring (bicyclic) bond motifs is 1. The van der Waals surface area contributed by atoms with Crippen LogP contribution in [0.4, 0.5) is 5.82 Å². The van der Waals surface area contributed by atoms with Gasteiger partial charge in [0.2, 0.25) is 5.91 Å². The van der Waals surface area contributed by atoms with Gasteiger partial charge < -0.3 is 5.32 Å². The van der Waals surface area contributed by atoms with E-state index >= 15 is 0 Å². The molecule has 1 saturated heterocycles. The normalized spacial score (nSPS) is 21.6. The summed E-state index contributed by atoms with van der Waals surface area (Å²) in [5, 5.41) is 10.4. The van der Waals surface area contributed by atoms with E-state index in [0.717, 1.165) is 10.9 Å². The van der Waals surface area contributed by atoms with Crippen molar-refractivity contribution in [2.45, 2.75) is 6.42 Å². The Morgan fingerprint density at radius 2 is 2.16 bits per heavy atom. The van der Waals surface area contributed by atoms with E-state index in [1.807, 2.05) is 24.3 Å². The highest BCUT2D eigenvalue weighted by Crippen LogP contribution is 2.23. The Bertz CT molecular complexity index is 736. The van der Waals surface area contributed by atoms with Gasteiger partial charge >= 0.3 is 0 Å². The lowest BCUT2D eigenvalue weighted by molar-refractivity contribution is -0.119. The number of sulfone groups is 1. The minimum Gasteiger partial charge on any atom is -0.308 e. The van der Waals surface area contributed by atoms with Gasteiger partial charge in [0.15, 0.2) is 15.7 Å². The summed E-state index contributed by atoms with van der Waals surface area (Å²) in [5.41, 5.74) is 0.830. The Hall–Kier alpha value is -1.89.